The minimum absolute atomic E-state index is 0. The lowest BCUT2D eigenvalue weighted by Gasteiger charge is -2.37. The van der Waals surface area contributed by atoms with Crippen molar-refractivity contribution >= 4 is 29.9 Å². The van der Waals surface area contributed by atoms with E-state index in [1.165, 1.54) is 0 Å². The first-order chi connectivity index (χ1) is 13.7. The Morgan fingerprint density at radius 2 is 1.86 bits per heavy atom. The van der Waals surface area contributed by atoms with Crippen molar-refractivity contribution < 1.29 is 4.74 Å². The summed E-state index contributed by atoms with van der Waals surface area (Å²) < 4.78 is 7.38. The van der Waals surface area contributed by atoms with Gasteiger partial charge in [0, 0.05) is 38.9 Å². The number of aliphatic imine (C=N–C) groups is 1. The number of rotatable bonds is 7. The van der Waals surface area contributed by atoms with Crippen LogP contribution in [0.25, 0.3) is 5.69 Å². The summed E-state index contributed by atoms with van der Waals surface area (Å²) in [6, 6.07) is 12.6. The number of aromatic nitrogens is 2. The number of nitrogens with zero attached hydrogens (tertiary/aromatic N) is 4. The summed E-state index contributed by atoms with van der Waals surface area (Å²) >= 11 is 0. The Morgan fingerprint density at radius 3 is 2.52 bits per heavy atom. The summed E-state index contributed by atoms with van der Waals surface area (Å²) in [5.74, 6) is 1.36. The number of nitrogens with one attached hydrogen (secondary N) is 2. The zero-order valence-electron chi connectivity index (χ0n) is 17.5. The molecule has 2 N–H and O–H groups in total. The highest BCUT2D eigenvalue weighted by molar-refractivity contribution is 14.0. The summed E-state index contributed by atoms with van der Waals surface area (Å²) in [4.78, 5) is 6.87. The predicted octanol–water partition coefficient (Wildman–Crippen LogP) is 2.51. The SMILES string of the molecule is CN=C(NCc1ccn(-c2ccccc2)n1)NCC(C(C)C)N1CCOCC1.I. The van der Waals surface area contributed by atoms with E-state index in [0.717, 1.165) is 50.2 Å². The second kappa shape index (κ2) is 12.1. The van der Waals surface area contributed by atoms with E-state index in [-0.39, 0.29) is 24.0 Å². The zero-order chi connectivity index (χ0) is 19.8. The van der Waals surface area contributed by atoms with Crippen molar-refractivity contribution in [3.8, 4) is 5.69 Å². The van der Waals surface area contributed by atoms with Crippen LogP contribution in [-0.2, 0) is 11.3 Å². The van der Waals surface area contributed by atoms with Crippen molar-refractivity contribution in [2.75, 3.05) is 39.9 Å². The van der Waals surface area contributed by atoms with Gasteiger partial charge in [-0.3, -0.25) is 9.89 Å². The molecule has 1 saturated heterocycles. The monoisotopic (exact) mass is 512 g/mol. The van der Waals surface area contributed by atoms with Crippen LogP contribution < -0.4 is 10.6 Å². The van der Waals surface area contributed by atoms with Gasteiger partial charge in [-0.15, -0.1) is 24.0 Å². The number of hydrogen-bond acceptors (Lipinski definition) is 4. The number of hydrogen-bond donors (Lipinski definition) is 2. The van der Waals surface area contributed by atoms with E-state index in [1.807, 2.05) is 47.3 Å². The molecule has 8 heteroatoms. The Kier molecular flexibility index (Phi) is 9.89. The van der Waals surface area contributed by atoms with Crippen LogP contribution in [0.4, 0.5) is 0 Å². The fraction of sp³-hybridized carbons (Fsp3) is 0.524. The zero-order valence-corrected chi connectivity index (χ0v) is 19.9. The average molecular weight is 512 g/mol. The van der Waals surface area contributed by atoms with Crippen LogP contribution >= 0.6 is 24.0 Å². The molecule has 1 aliphatic heterocycles. The van der Waals surface area contributed by atoms with Gasteiger partial charge in [-0.05, 0) is 24.1 Å². The second-order valence-electron chi connectivity index (χ2n) is 7.35. The molecule has 160 valence electrons. The number of benzene rings is 1. The normalized spacial score (nSPS) is 16.3. The fourth-order valence-corrected chi connectivity index (χ4v) is 3.47. The maximum absolute atomic E-state index is 5.49. The maximum Gasteiger partial charge on any atom is 0.191 e. The van der Waals surface area contributed by atoms with E-state index < -0.39 is 0 Å². The molecule has 0 bridgehead atoms. The van der Waals surface area contributed by atoms with Crippen molar-refractivity contribution in [1.29, 1.82) is 0 Å². The molecule has 1 unspecified atom stereocenters. The van der Waals surface area contributed by atoms with Gasteiger partial charge in [-0.2, -0.15) is 5.10 Å². The van der Waals surface area contributed by atoms with E-state index >= 15 is 0 Å². The molecule has 0 radical (unpaired) electrons. The molecule has 29 heavy (non-hydrogen) atoms. The molecule has 0 saturated carbocycles. The van der Waals surface area contributed by atoms with E-state index in [4.69, 9.17) is 4.74 Å². The van der Waals surface area contributed by atoms with Gasteiger partial charge in [0.1, 0.15) is 0 Å². The first-order valence-electron chi connectivity index (χ1n) is 10.0. The second-order valence-corrected chi connectivity index (χ2v) is 7.35. The minimum Gasteiger partial charge on any atom is -0.379 e. The molecule has 1 aliphatic rings. The van der Waals surface area contributed by atoms with E-state index in [9.17, 15) is 0 Å². The summed E-state index contributed by atoms with van der Waals surface area (Å²) in [6.07, 6.45) is 1.98. The van der Waals surface area contributed by atoms with E-state index in [2.05, 4.69) is 39.5 Å². The molecule has 1 fully saturated rings. The molecule has 1 aromatic carbocycles. The van der Waals surface area contributed by atoms with Gasteiger partial charge in [0.2, 0.25) is 0 Å². The van der Waals surface area contributed by atoms with Crippen LogP contribution in [0.5, 0.6) is 0 Å². The molecular weight excluding hydrogens is 479 g/mol. The Bertz CT molecular complexity index is 743. The lowest BCUT2D eigenvalue weighted by atomic mass is 10.0. The van der Waals surface area contributed by atoms with Gasteiger partial charge in [0.05, 0.1) is 31.1 Å². The van der Waals surface area contributed by atoms with Crippen molar-refractivity contribution in [1.82, 2.24) is 25.3 Å². The molecular formula is C21H33IN6O. The van der Waals surface area contributed by atoms with Crippen LogP contribution in [0.15, 0.2) is 47.6 Å². The third-order valence-corrected chi connectivity index (χ3v) is 5.09. The van der Waals surface area contributed by atoms with Crippen LogP contribution in [0.1, 0.15) is 19.5 Å². The van der Waals surface area contributed by atoms with Crippen molar-refractivity contribution in [2.45, 2.75) is 26.4 Å². The molecule has 1 aromatic heterocycles. The number of halogens is 1. The highest BCUT2D eigenvalue weighted by Crippen LogP contribution is 2.12. The van der Waals surface area contributed by atoms with Crippen LogP contribution in [-0.4, -0.2) is 66.6 Å². The lowest BCUT2D eigenvalue weighted by Crippen LogP contribution is -2.52. The maximum atomic E-state index is 5.49. The minimum atomic E-state index is 0. The van der Waals surface area contributed by atoms with Gasteiger partial charge in [0.15, 0.2) is 5.96 Å². The third-order valence-electron chi connectivity index (χ3n) is 5.09. The van der Waals surface area contributed by atoms with E-state index in [0.29, 0.717) is 18.5 Å². The van der Waals surface area contributed by atoms with Crippen LogP contribution in [0, 0.1) is 5.92 Å². The van der Waals surface area contributed by atoms with Gasteiger partial charge >= 0.3 is 0 Å². The van der Waals surface area contributed by atoms with Crippen LogP contribution in [0.3, 0.4) is 0 Å². The van der Waals surface area contributed by atoms with Crippen molar-refractivity contribution in [3.63, 3.8) is 0 Å². The Balaban J connectivity index is 0.00000300. The van der Waals surface area contributed by atoms with Gasteiger partial charge in [0.25, 0.3) is 0 Å². The number of para-hydroxylation sites is 1. The standard InChI is InChI=1S/C21H32N6O.HI/c1-17(2)20(26-11-13-28-14-12-26)16-24-21(22-3)23-15-18-9-10-27(25-18)19-7-5-4-6-8-19;/h4-10,17,20H,11-16H2,1-3H3,(H2,22,23,24);1H. The van der Waals surface area contributed by atoms with Gasteiger partial charge in [-0.1, -0.05) is 32.0 Å². The number of ether oxygens (including phenoxy) is 1. The first kappa shape index (κ1) is 23.6. The summed E-state index contributed by atoms with van der Waals surface area (Å²) in [6.45, 7) is 9.66. The van der Waals surface area contributed by atoms with E-state index in [1.54, 1.807) is 7.05 Å². The molecule has 0 amide bonds. The third kappa shape index (κ3) is 6.97. The highest BCUT2D eigenvalue weighted by atomic mass is 127. The largest absolute Gasteiger partial charge is 0.379 e. The predicted molar refractivity (Wildman–Crippen MR) is 128 cm³/mol. The van der Waals surface area contributed by atoms with Gasteiger partial charge < -0.3 is 15.4 Å². The first-order valence-corrected chi connectivity index (χ1v) is 10.0. The molecule has 7 nitrogen and oxygen atoms in total. The topological polar surface area (TPSA) is 66.7 Å². The molecule has 0 spiro atoms. The van der Waals surface area contributed by atoms with Crippen molar-refractivity contribution in [3.05, 3.63) is 48.3 Å². The molecule has 1 atom stereocenters. The summed E-state index contributed by atoms with van der Waals surface area (Å²) in [7, 11) is 1.80. The fourth-order valence-electron chi connectivity index (χ4n) is 3.47. The summed E-state index contributed by atoms with van der Waals surface area (Å²) in [5, 5.41) is 11.5. The smallest absolute Gasteiger partial charge is 0.191 e. The van der Waals surface area contributed by atoms with Gasteiger partial charge in [-0.25, -0.2) is 4.68 Å². The number of guanidine groups is 1. The summed E-state index contributed by atoms with van der Waals surface area (Å²) in [5.41, 5.74) is 2.03. The Labute approximate surface area is 190 Å². The molecule has 2 aromatic rings. The lowest BCUT2D eigenvalue weighted by molar-refractivity contribution is 0.00752. The average Bonchev–Trinajstić information content (AvgIpc) is 3.21. The molecule has 3 rings (SSSR count). The Hall–Kier alpha value is -1.65. The molecule has 2 heterocycles. The van der Waals surface area contributed by atoms with Crippen LogP contribution in [0.2, 0.25) is 0 Å². The highest BCUT2D eigenvalue weighted by Gasteiger charge is 2.23. The number of morpholine rings is 1. The molecule has 0 aliphatic carbocycles. The van der Waals surface area contributed by atoms with Crippen molar-refractivity contribution in [2.24, 2.45) is 10.9 Å². The quantitative estimate of drug-likeness (QED) is 0.339. The Morgan fingerprint density at radius 1 is 1.14 bits per heavy atom.